The molecule has 2 aromatic rings. The van der Waals surface area contributed by atoms with Gasteiger partial charge in [-0.05, 0) is 57.5 Å². The Morgan fingerprint density at radius 1 is 0.818 bits per heavy atom. The van der Waals surface area contributed by atoms with Gasteiger partial charge in [0.1, 0.15) is 11.6 Å². The van der Waals surface area contributed by atoms with Gasteiger partial charge in [0, 0.05) is 12.7 Å². The summed E-state index contributed by atoms with van der Waals surface area (Å²) in [5, 5.41) is 0. The zero-order valence-electron chi connectivity index (χ0n) is 19.9. The van der Waals surface area contributed by atoms with Crippen LogP contribution in [0.4, 0.5) is 5.82 Å². The number of methoxy groups -OCH3 is 1. The lowest BCUT2D eigenvalue weighted by Crippen LogP contribution is -2.37. The van der Waals surface area contributed by atoms with Crippen molar-refractivity contribution in [2.45, 2.75) is 39.8 Å². The van der Waals surface area contributed by atoms with Crippen LogP contribution in [0.1, 0.15) is 33.3 Å². The monoisotopic (exact) mass is 500 g/mol. The molecule has 0 aliphatic heterocycles. The van der Waals surface area contributed by atoms with Crippen LogP contribution in [-0.2, 0) is 33.8 Å². The van der Waals surface area contributed by atoms with Crippen LogP contribution in [0.25, 0.3) is 0 Å². The minimum absolute atomic E-state index is 0.0879. The molecule has 0 fully saturated rings. The molecule has 2 rings (SSSR count). The second kappa shape index (κ2) is 13.2. The number of hydrogen-bond donors (Lipinski definition) is 0. The Morgan fingerprint density at radius 2 is 1.33 bits per heavy atom. The van der Waals surface area contributed by atoms with Crippen molar-refractivity contribution >= 4 is 21.0 Å². The average molecular weight is 500 g/mol. The van der Waals surface area contributed by atoms with Crippen molar-refractivity contribution in [1.29, 1.82) is 0 Å². The van der Waals surface area contributed by atoms with E-state index in [0.29, 0.717) is 11.6 Å². The van der Waals surface area contributed by atoms with Crippen molar-refractivity contribution in [3.63, 3.8) is 0 Å². The summed E-state index contributed by atoms with van der Waals surface area (Å²) in [7, 11) is -6.48. The van der Waals surface area contributed by atoms with Crippen molar-refractivity contribution in [1.82, 2.24) is 4.98 Å². The van der Waals surface area contributed by atoms with Crippen molar-refractivity contribution in [3.8, 4) is 5.75 Å². The molecule has 1 heterocycles. The van der Waals surface area contributed by atoms with Crippen LogP contribution in [0.2, 0.25) is 0 Å². The summed E-state index contributed by atoms with van der Waals surface area (Å²) < 4.78 is 56.2. The van der Waals surface area contributed by atoms with Gasteiger partial charge in [-0.3, -0.25) is 9.13 Å². The molecule has 0 amide bonds. The molecule has 11 heteroatoms. The zero-order valence-corrected chi connectivity index (χ0v) is 21.7. The fourth-order valence-corrected chi connectivity index (χ4v) is 8.70. The first-order chi connectivity index (χ1) is 15.9. The van der Waals surface area contributed by atoms with Crippen LogP contribution < -0.4 is 9.64 Å². The summed E-state index contributed by atoms with van der Waals surface area (Å²) in [6.45, 7) is 7.34. The van der Waals surface area contributed by atoms with Gasteiger partial charge in [-0.1, -0.05) is 18.2 Å². The molecule has 184 valence electrons. The first kappa shape index (κ1) is 27.5. The highest BCUT2D eigenvalue weighted by Gasteiger charge is 2.55. The van der Waals surface area contributed by atoms with Crippen LogP contribution in [0.15, 0.2) is 48.7 Å². The number of aromatic nitrogens is 1. The van der Waals surface area contributed by atoms with Gasteiger partial charge in [0.2, 0.25) is 5.52 Å². The number of rotatable bonds is 15. The Morgan fingerprint density at radius 3 is 1.73 bits per heavy atom. The molecule has 0 spiro atoms. The van der Waals surface area contributed by atoms with Gasteiger partial charge < -0.3 is 27.7 Å². The third-order valence-electron chi connectivity index (χ3n) is 4.54. The highest BCUT2D eigenvalue weighted by Crippen LogP contribution is 2.71. The standard InChI is InChI=1S/C22H34N2O7P2/c1-6-28-32(25,29-7-2)22(33(26,30-8-3)31-9-4)24(21-12-10-11-17-23-21)18-19-13-15-20(27-5)16-14-19/h10-17,22H,6-9,18H2,1-5H3. The Bertz CT molecular complexity index is 878. The predicted molar refractivity (Wildman–Crippen MR) is 129 cm³/mol. The SMILES string of the molecule is CCOP(=O)(OCC)C(N(Cc1ccc(OC)cc1)c1ccccn1)P(=O)(OCC)OCC. The predicted octanol–water partition coefficient (Wildman–Crippen LogP) is 5.91. The lowest BCUT2D eigenvalue weighted by atomic mass is 10.2. The Balaban J connectivity index is 2.71. The maximum atomic E-state index is 14.1. The molecule has 1 aromatic carbocycles. The van der Waals surface area contributed by atoms with Crippen LogP contribution >= 0.6 is 15.2 Å². The summed E-state index contributed by atoms with van der Waals surface area (Å²) in [5.74, 6) is 1.13. The molecule has 33 heavy (non-hydrogen) atoms. The maximum absolute atomic E-state index is 14.1. The lowest BCUT2D eigenvalue weighted by molar-refractivity contribution is 0.194. The molecule has 1 aromatic heterocycles. The van der Waals surface area contributed by atoms with E-state index in [9.17, 15) is 9.13 Å². The molecule has 0 radical (unpaired) electrons. The second-order valence-corrected chi connectivity index (χ2v) is 11.3. The van der Waals surface area contributed by atoms with Crippen LogP contribution in [-0.4, -0.2) is 44.0 Å². The number of hydrogen-bond acceptors (Lipinski definition) is 9. The van der Waals surface area contributed by atoms with Gasteiger partial charge in [0.25, 0.3) is 0 Å². The quantitative estimate of drug-likeness (QED) is 0.276. The zero-order chi connectivity index (χ0) is 24.3. The molecule has 0 saturated heterocycles. The van der Waals surface area contributed by atoms with E-state index >= 15 is 0 Å². The topological polar surface area (TPSA) is 96.4 Å². The first-order valence-corrected chi connectivity index (χ1v) is 14.2. The van der Waals surface area contributed by atoms with Crippen molar-refractivity contribution < 1.29 is 32.0 Å². The summed E-state index contributed by atoms with van der Waals surface area (Å²) in [5.41, 5.74) is -0.535. The number of benzene rings is 1. The van der Waals surface area contributed by atoms with Crippen LogP contribution in [0.5, 0.6) is 5.75 Å². The van der Waals surface area contributed by atoms with Gasteiger partial charge in [0.05, 0.1) is 33.5 Å². The van der Waals surface area contributed by atoms with Gasteiger partial charge in [-0.15, -0.1) is 0 Å². The number of nitrogens with zero attached hydrogens (tertiary/aromatic N) is 2. The Hall–Kier alpha value is -1.73. The number of pyridine rings is 1. The molecule has 0 N–H and O–H groups in total. The molecule has 0 unspecified atom stereocenters. The highest BCUT2D eigenvalue weighted by atomic mass is 31.2. The Labute approximate surface area is 196 Å². The summed E-state index contributed by atoms with van der Waals surface area (Å²) in [4.78, 5) is 6.06. The van der Waals surface area contributed by atoms with E-state index in [2.05, 4.69) is 4.98 Å². The lowest BCUT2D eigenvalue weighted by Gasteiger charge is -2.39. The molecule has 0 aliphatic carbocycles. The third kappa shape index (κ3) is 7.12. The second-order valence-electron chi connectivity index (χ2n) is 6.76. The van der Waals surface area contributed by atoms with Gasteiger partial charge in [-0.2, -0.15) is 0 Å². The fraction of sp³-hybridized carbons (Fsp3) is 0.500. The smallest absolute Gasteiger partial charge is 0.365 e. The molecular weight excluding hydrogens is 466 g/mol. The number of ether oxygens (including phenoxy) is 1. The van der Waals surface area contributed by atoms with E-state index in [0.717, 1.165) is 5.56 Å². The molecule has 0 atom stereocenters. The van der Waals surface area contributed by atoms with E-state index in [1.807, 2.05) is 24.3 Å². The van der Waals surface area contributed by atoms with Gasteiger partial charge in [-0.25, -0.2) is 4.98 Å². The van der Waals surface area contributed by atoms with E-state index in [1.54, 1.807) is 64.1 Å². The molecular formula is C22H34N2O7P2. The molecule has 9 nitrogen and oxygen atoms in total. The van der Waals surface area contributed by atoms with E-state index in [1.165, 1.54) is 0 Å². The van der Waals surface area contributed by atoms with Crippen molar-refractivity contribution in [2.75, 3.05) is 38.4 Å². The van der Waals surface area contributed by atoms with Crippen molar-refractivity contribution in [3.05, 3.63) is 54.2 Å². The molecule has 0 aliphatic rings. The summed E-state index contributed by atoms with van der Waals surface area (Å²) in [6, 6.07) is 12.7. The van der Waals surface area contributed by atoms with Gasteiger partial charge in [0.15, 0.2) is 0 Å². The third-order valence-corrected chi connectivity index (χ3v) is 10.4. The fourth-order valence-electron chi connectivity index (χ4n) is 3.31. The highest BCUT2D eigenvalue weighted by molar-refractivity contribution is 7.73. The molecule has 0 bridgehead atoms. The largest absolute Gasteiger partial charge is 0.497 e. The maximum Gasteiger partial charge on any atom is 0.365 e. The van der Waals surface area contributed by atoms with Crippen LogP contribution in [0, 0.1) is 0 Å². The average Bonchev–Trinajstić information content (AvgIpc) is 2.80. The van der Waals surface area contributed by atoms with Crippen molar-refractivity contribution in [2.24, 2.45) is 0 Å². The summed E-state index contributed by atoms with van der Waals surface area (Å²) >= 11 is 0. The Kier molecular flexibility index (Phi) is 11.0. The van der Waals surface area contributed by atoms with Gasteiger partial charge >= 0.3 is 15.2 Å². The normalized spacial score (nSPS) is 12.2. The van der Waals surface area contributed by atoms with E-state index in [-0.39, 0.29) is 33.0 Å². The minimum atomic E-state index is -4.04. The van der Waals surface area contributed by atoms with Crippen LogP contribution in [0.3, 0.4) is 0 Å². The molecule has 0 saturated carbocycles. The number of anilines is 1. The summed E-state index contributed by atoms with van der Waals surface area (Å²) in [6.07, 6.45) is 1.60. The van der Waals surface area contributed by atoms with E-state index < -0.39 is 20.7 Å². The van der Waals surface area contributed by atoms with E-state index in [4.69, 9.17) is 22.8 Å². The first-order valence-electron chi connectivity index (χ1n) is 11.0. The minimum Gasteiger partial charge on any atom is -0.497 e.